The quantitative estimate of drug-likeness (QED) is 0.674. The summed E-state index contributed by atoms with van der Waals surface area (Å²) in [4.78, 5) is 9.92. The van der Waals surface area contributed by atoms with Crippen molar-refractivity contribution in [2.75, 3.05) is 11.8 Å². The summed E-state index contributed by atoms with van der Waals surface area (Å²) in [5.74, 6) is 0.209. The molecule has 2 aromatic carbocycles. The first-order valence-corrected chi connectivity index (χ1v) is 7.74. The Morgan fingerprint density at radius 1 is 1.14 bits per heavy atom. The number of sulfonamides is 1. The molecule has 0 bridgehead atoms. The molecule has 0 aliphatic carbocycles. The van der Waals surface area contributed by atoms with Gasteiger partial charge in [-0.15, -0.1) is 0 Å². The summed E-state index contributed by atoms with van der Waals surface area (Å²) in [6.07, 6.45) is 0. The maximum Gasteiger partial charge on any atom is 0.293 e. The van der Waals surface area contributed by atoms with Gasteiger partial charge in [0.25, 0.3) is 15.7 Å². The number of aryl methyl sites for hydroxylation is 1. The second-order valence-corrected chi connectivity index (χ2v) is 6.21. The Morgan fingerprint density at radius 2 is 1.77 bits per heavy atom. The lowest BCUT2D eigenvalue weighted by molar-refractivity contribution is -0.387. The van der Waals surface area contributed by atoms with Crippen LogP contribution in [0.4, 0.5) is 11.4 Å². The first-order valence-electron chi connectivity index (χ1n) is 6.25. The Bertz CT molecular complexity index is 800. The zero-order valence-electron chi connectivity index (χ0n) is 11.9. The summed E-state index contributed by atoms with van der Waals surface area (Å²) in [6, 6.07) is 10.2. The third-order valence-corrected chi connectivity index (χ3v) is 4.38. The van der Waals surface area contributed by atoms with Crippen molar-refractivity contribution in [2.24, 2.45) is 0 Å². The molecule has 116 valence electrons. The van der Waals surface area contributed by atoms with Crippen LogP contribution in [0.2, 0.25) is 0 Å². The molecule has 0 heterocycles. The lowest BCUT2D eigenvalue weighted by atomic mass is 10.2. The Hall–Kier alpha value is -2.61. The number of methoxy groups -OCH3 is 1. The largest absolute Gasteiger partial charge is 0.497 e. The average molecular weight is 322 g/mol. The lowest BCUT2D eigenvalue weighted by Gasteiger charge is -2.09. The van der Waals surface area contributed by atoms with E-state index < -0.39 is 25.5 Å². The van der Waals surface area contributed by atoms with Crippen molar-refractivity contribution >= 4 is 21.4 Å². The molecule has 0 spiro atoms. The monoisotopic (exact) mass is 322 g/mol. The van der Waals surface area contributed by atoms with Crippen LogP contribution in [0.25, 0.3) is 0 Å². The molecule has 0 fully saturated rings. The highest BCUT2D eigenvalue weighted by molar-refractivity contribution is 7.92. The van der Waals surface area contributed by atoms with Gasteiger partial charge < -0.3 is 4.74 Å². The van der Waals surface area contributed by atoms with Crippen LogP contribution in [0.5, 0.6) is 5.75 Å². The highest BCUT2D eigenvalue weighted by Gasteiger charge is 2.26. The topological polar surface area (TPSA) is 98.5 Å². The van der Waals surface area contributed by atoms with Gasteiger partial charge in [0, 0.05) is 5.69 Å². The number of ether oxygens (including phenoxy) is 1. The number of anilines is 1. The van der Waals surface area contributed by atoms with E-state index >= 15 is 0 Å². The molecule has 8 heteroatoms. The van der Waals surface area contributed by atoms with Crippen LogP contribution in [0, 0.1) is 17.0 Å². The predicted octanol–water partition coefficient (Wildman–Crippen LogP) is 2.71. The van der Waals surface area contributed by atoms with Gasteiger partial charge in [0.15, 0.2) is 4.90 Å². The smallest absolute Gasteiger partial charge is 0.293 e. The molecule has 0 aliphatic heterocycles. The number of hydrogen-bond donors (Lipinski definition) is 1. The summed E-state index contributed by atoms with van der Waals surface area (Å²) in [5.41, 5.74) is 0.757. The summed E-state index contributed by atoms with van der Waals surface area (Å²) in [7, 11) is -2.73. The normalized spacial score (nSPS) is 11.0. The maximum atomic E-state index is 12.4. The Balaban J connectivity index is 2.44. The van der Waals surface area contributed by atoms with Crippen molar-refractivity contribution in [3.05, 3.63) is 58.1 Å². The SMILES string of the molecule is COc1ccc(S(=O)(=O)Nc2ccc(C)cc2)c([N+](=O)[O-])c1. The van der Waals surface area contributed by atoms with E-state index in [0.29, 0.717) is 5.69 Å². The molecular formula is C14H14N2O5S. The minimum absolute atomic E-state index is 0.209. The van der Waals surface area contributed by atoms with Gasteiger partial charge in [0.05, 0.1) is 18.1 Å². The molecule has 2 rings (SSSR count). The molecule has 0 aromatic heterocycles. The molecule has 0 radical (unpaired) electrons. The number of nitrogens with zero attached hydrogens (tertiary/aromatic N) is 1. The van der Waals surface area contributed by atoms with Gasteiger partial charge in [-0.1, -0.05) is 17.7 Å². The number of hydrogen-bond acceptors (Lipinski definition) is 5. The number of benzene rings is 2. The van der Waals surface area contributed by atoms with Crippen molar-refractivity contribution in [3.63, 3.8) is 0 Å². The van der Waals surface area contributed by atoms with Crippen molar-refractivity contribution in [1.29, 1.82) is 0 Å². The van der Waals surface area contributed by atoms with Crippen LogP contribution in [0.3, 0.4) is 0 Å². The predicted molar refractivity (Wildman–Crippen MR) is 81.6 cm³/mol. The van der Waals surface area contributed by atoms with Gasteiger partial charge in [-0.3, -0.25) is 14.8 Å². The first kappa shape index (κ1) is 15.8. The van der Waals surface area contributed by atoms with Crippen LogP contribution in [0.1, 0.15) is 5.56 Å². The van der Waals surface area contributed by atoms with Crippen LogP contribution in [-0.4, -0.2) is 20.5 Å². The van der Waals surface area contributed by atoms with E-state index in [1.807, 2.05) is 6.92 Å². The van der Waals surface area contributed by atoms with E-state index in [4.69, 9.17) is 4.74 Å². The Labute approximate surface area is 127 Å². The summed E-state index contributed by atoms with van der Waals surface area (Å²) in [6.45, 7) is 1.87. The van der Waals surface area contributed by atoms with Crippen molar-refractivity contribution in [3.8, 4) is 5.75 Å². The van der Waals surface area contributed by atoms with Gasteiger partial charge in [0.2, 0.25) is 0 Å². The molecule has 2 aromatic rings. The maximum absolute atomic E-state index is 12.4. The van der Waals surface area contributed by atoms with Crippen molar-refractivity contribution in [2.45, 2.75) is 11.8 Å². The molecule has 1 N–H and O–H groups in total. The van der Waals surface area contributed by atoms with Gasteiger partial charge >= 0.3 is 0 Å². The van der Waals surface area contributed by atoms with Gasteiger partial charge in [-0.05, 0) is 31.2 Å². The highest BCUT2D eigenvalue weighted by atomic mass is 32.2. The number of nitro groups is 1. The van der Waals surface area contributed by atoms with Crippen LogP contribution in [-0.2, 0) is 10.0 Å². The minimum atomic E-state index is -4.07. The number of rotatable bonds is 5. The van der Waals surface area contributed by atoms with E-state index in [9.17, 15) is 18.5 Å². The fraction of sp³-hybridized carbons (Fsp3) is 0.143. The summed E-state index contributed by atoms with van der Waals surface area (Å²) in [5, 5.41) is 11.1. The molecule has 7 nitrogen and oxygen atoms in total. The fourth-order valence-corrected chi connectivity index (χ4v) is 3.04. The highest BCUT2D eigenvalue weighted by Crippen LogP contribution is 2.29. The first-order chi connectivity index (χ1) is 10.3. The molecule has 0 aliphatic rings. The van der Waals surface area contributed by atoms with E-state index in [1.165, 1.54) is 13.2 Å². The molecule has 0 atom stereocenters. The van der Waals surface area contributed by atoms with Gasteiger partial charge in [-0.25, -0.2) is 8.42 Å². The Kier molecular flexibility index (Phi) is 4.32. The van der Waals surface area contributed by atoms with Crippen molar-refractivity contribution in [1.82, 2.24) is 0 Å². The fourth-order valence-electron chi connectivity index (χ4n) is 1.83. The molecular weight excluding hydrogens is 308 g/mol. The number of nitro benzene ring substituents is 1. The van der Waals surface area contributed by atoms with Crippen LogP contribution >= 0.6 is 0 Å². The van der Waals surface area contributed by atoms with Crippen LogP contribution < -0.4 is 9.46 Å². The zero-order valence-corrected chi connectivity index (χ0v) is 12.8. The van der Waals surface area contributed by atoms with Crippen molar-refractivity contribution < 1.29 is 18.1 Å². The van der Waals surface area contributed by atoms with Crippen LogP contribution in [0.15, 0.2) is 47.4 Å². The van der Waals surface area contributed by atoms with E-state index in [1.54, 1.807) is 24.3 Å². The lowest BCUT2D eigenvalue weighted by Crippen LogP contribution is -2.14. The third-order valence-electron chi connectivity index (χ3n) is 2.96. The molecule has 0 amide bonds. The Morgan fingerprint density at radius 3 is 2.32 bits per heavy atom. The molecule has 0 unspecified atom stereocenters. The second kappa shape index (κ2) is 6.02. The van der Waals surface area contributed by atoms with Gasteiger partial charge in [0.1, 0.15) is 5.75 Å². The third kappa shape index (κ3) is 3.34. The van der Waals surface area contributed by atoms with E-state index in [0.717, 1.165) is 17.7 Å². The standard InChI is InChI=1S/C14H14N2O5S/c1-10-3-5-11(6-4-10)15-22(19,20)14-8-7-12(21-2)9-13(14)16(17)18/h3-9,15H,1-2H3. The second-order valence-electron chi connectivity index (χ2n) is 4.56. The zero-order chi connectivity index (χ0) is 16.3. The van der Waals surface area contributed by atoms with E-state index in [2.05, 4.69) is 4.72 Å². The van der Waals surface area contributed by atoms with E-state index in [-0.39, 0.29) is 5.75 Å². The molecule has 22 heavy (non-hydrogen) atoms. The summed E-state index contributed by atoms with van der Waals surface area (Å²) >= 11 is 0. The molecule has 0 saturated heterocycles. The average Bonchev–Trinajstić information content (AvgIpc) is 2.48. The van der Waals surface area contributed by atoms with Gasteiger partial charge in [-0.2, -0.15) is 0 Å². The minimum Gasteiger partial charge on any atom is -0.497 e. The summed E-state index contributed by atoms with van der Waals surface area (Å²) < 4.78 is 31.9. The molecule has 0 saturated carbocycles. The number of nitrogens with one attached hydrogen (secondary N) is 1.